The van der Waals surface area contributed by atoms with Crippen molar-refractivity contribution in [3.05, 3.63) is 72.3 Å². The van der Waals surface area contributed by atoms with E-state index in [1.165, 1.54) is 12.1 Å². The Labute approximate surface area is 198 Å². The van der Waals surface area contributed by atoms with Gasteiger partial charge in [0.25, 0.3) is 0 Å². The number of ether oxygens (including phenoxy) is 1. The summed E-state index contributed by atoms with van der Waals surface area (Å²) in [6.45, 7) is 0.241. The van der Waals surface area contributed by atoms with E-state index >= 15 is 0 Å². The van der Waals surface area contributed by atoms with Gasteiger partial charge in [0.15, 0.2) is 6.10 Å². The molecule has 33 heavy (non-hydrogen) atoms. The number of amides is 2. The number of fused-ring (bicyclic) bond motifs is 1. The standard InChI is InChI=1S/C24H22BrN3O5/c25-22-13-20(33-28-22)14-26-23(30)21(11-15-5-8-18(29)9-6-15)27-24(31)32-19-10-7-16-3-1-2-4-17(16)12-19/h1-10,12,20-21,29H,11,13-14H2,(H,26,30)(H,27,31)/t20?,21-/m0/s1. The van der Waals surface area contributed by atoms with E-state index in [1.807, 2.05) is 30.3 Å². The molecule has 170 valence electrons. The van der Waals surface area contributed by atoms with Gasteiger partial charge < -0.3 is 25.3 Å². The molecule has 0 bridgehead atoms. The molecule has 3 aromatic carbocycles. The van der Waals surface area contributed by atoms with E-state index in [0.29, 0.717) is 16.8 Å². The first-order valence-electron chi connectivity index (χ1n) is 10.4. The summed E-state index contributed by atoms with van der Waals surface area (Å²) in [7, 11) is 0. The van der Waals surface area contributed by atoms with E-state index in [4.69, 9.17) is 9.57 Å². The van der Waals surface area contributed by atoms with E-state index in [9.17, 15) is 14.7 Å². The molecule has 2 atom stereocenters. The molecule has 1 unspecified atom stereocenters. The summed E-state index contributed by atoms with van der Waals surface area (Å²) in [5.41, 5.74) is 0.766. The van der Waals surface area contributed by atoms with Crippen molar-refractivity contribution >= 4 is 43.3 Å². The molecule has 0 saturated heterocycles. The second-order valence-corrected chi connectivity index (χ2v) is 8.53. The van der Waals surface area contributed by atoms with E-state index in [1.54, 1.807) is 24.3 Å². The molecule has 1 aliphatic rings. The Morgan fingerprint density at radius 1 is 1.12 bits per heavy atom. The topological polar surface area (TPSA) is 109 Å². The van der Waals surface area contributed by atoms with Crippen molar-refractivity contribution in [2.75, 3.05) is 6.54 Å². The van der Waals surface area contributed by atoms with Crippen LogP contribution in [0.3, 0.4) is 0 Å². The number of carbonyl (C=O) groups excluding carboxylic acids is 2. The minimum absolute atomic E-state index is 0.118. The van der Waals surface area contributed by atoms with Crippen molar-refractivity contribution in [2.24, 2.45) is 5.16 Å². The summed E-state index contributed by atoms with van der Waals surface area (Å²) in [6, 6.07) is 18.6. The number of phenols is 1. The number of aromatic hydroxyl groups is 1. The lowest BCUT2D eigenvalue weighted by molar-refractivity contribution is -0.123. The van der Waals surface area contributed by atoms with E-state index in [2.05, 4.69) is 31.7 Å². The van der Waals surface area contributed by atoms with Crippen LogP contribution in [0.15, 0.2) is 71.9 Å². The monoisotopic (exact) mass is 511 g/mol. The first kappa shape index (κ1) is 22.6. The van der Waals surface area contributed by atoms with E-state index in [0.717, 1.165) is 16.3 Å². The molecule has 0 saturated carbocycles. The van der Waals surface area contributed by atoms with Crippen LogP contribution in [0.5, 0.6) is 11.5 Å². The predicted octanol–water partition coefficient (Wildman–Crippen LogP) is 3.86. The third-order valence-corrected chi connectivity index (χ3v) is 5.59. The summed E-state index contributed by atoms with van der Waals surface area (Å²) >= 11 is 3.26. The number of halogens is 1. The predicted molar refractivity (Wildman–Crippen MR) is 128 cm³/mol. The van der Waals surface area contributed by atoms with Crippen molar-refractivity contribution in [2.45, 2.75) is 25.0 Å². The summed E-state index contributed by atoms with van der Waals surface area (Å²) in [5, 5.41) is 20.7. The van der Waals surface area contributed by atoms with Gasteiger partial charge in [-0.2, -0.15) is 0 Å². The van der Waals surface area contributed by atoms with Gasteiger partial charge in [-0.05, 0) is 56.5 Å². The van der Waals surface area contributed by atoms with E-state index in [-0.39, 0.29) is 30.7 Å². The Hall–Kier alpha value is -3.59. The molecule has 2 amide bonds. The van der Waals surface area contributed by atoms with E-state index < -0.39 is 12.1 Å². The Kier molecular flexibility index (Phi) is 7.09. The number of hydrogen-bond donors (Lipinski definition) is 3. The van der Waals surface area contributed by atoms with Crippen LogP contribution in [0, 0.1) is 0 Å². The van der Waals surface area contributed by atoms with Crippen molar-refractivity contribution in [3.63, 3.8) is 0 Å². The number of phenolic OH excluding ortho intramolecular Hbond substituents is 1. The summed E-state index contributed by atoms with van der Waals surface area (Å²) in [6.07, 6.45) is -0.250. The molecule has 4 rings (SSSR count). The maximum absolute atomic E-state index is 12.9. The zero-order valence-electron chi connectivity index (χ0n) is 17.5. The average molecular weight is 512 g/mol. The highest BCUT2D eigenvalue weighted by molar-refractivity contribution is 9.18. The SMILES string of the molecule is O=C(N[C@@H](Cc1ccc(O)cc1)C(=O)NCC1CC(Br)=NO1)Oc1ccc2ccccc2c1. The molecule has 3 aromatic rings. The first-order valence-corrected chi connectivity index (χ1v) is 11.2. The van der Waals surface area contributed by atoms with Crippen molar-refractivity contribution < 1.29 is 24.3 Å². The van der Waals surface area contributed by atoms with Crippen LogP contribution in [0.4, 0.5) is 4.79 Å². The molecular formula is C24H22BrN3O5. The number of nitrogens with zero attached hydrogens (tertiary/aromatic N) is 1. The van der Waals surface area contributed by atoms with Crippen molar-refractivity contribution in [1.82, 2.24) is 10.6 Å². The van der Waals surface area contributed by atoms with Crippen LogP contribution >= 0.6 is 15.9 Å². The van der Waals surface area contributed by atoms with Gasteiger partial charge in [0.1, 0.15) is 22.2 Å². The normalized spacial score (nSPS) is 15.9. The van der Waals surface area contributed by atoms with Gasteiger partial charge in [-0.1, -0.05) is 47.6 Å². The second-order valence-electron chi connectivity index (χ2n) is 7.61. The molecule has 0 spiro atoms. The highest BCUT2D eigenvalue weighted by Gasteiger charge is 2.25. The van der Waals surface area contributed by atoms with Gasteiger partial charge >= 0.3 is 6.09 Å². The molecule has 0 aliphatic carbocycles. The summed E-state index contributed by atoms with van der Waals surface area (Å²) < 4.78 is 6.11. The van der Waals surface area contributed by atoms with Gasteiger partial charge in [0.2, 0.25) is 5.91 Å². The minimum atomic E-state index is -0.895. The molecular weight excluding hydrogens is 490 g/mol. The number of hydrogen-bond acceptors (Lipinski definition) is 6. The van der Waals surface area contributed by atoms with Crippen molar-refractivity contribution in [3.8, 4) is 11.5 Å². The summed E-state index contributed by atoms with van der Waals surface area (Å²) in [5.74, 6) is 0.105. The molecule has 1 heterocycles. The fourth-order valence-electron chi connectivity index (χ4n) is 3.43. The zero-order valence-corrected chi connectivity index (χ0v) is 19.1. The zero-order chi connectivity index (χ0) is 23.2. The van der Waals surface area contributed by atoms with Crippen molar-refractivity contribution in [1.29, 1.82) is 0 Å². The maximum Gasteiger partial charge on any atom is 0.413 e. The molecule has 3 N–H and O–H groups in total. The highest BCUT2D eigenvalue weighted by atomic mass is 79.9. The van der Waals surface area contributed by atoms with Crippen LogP contribution in [0.2, 0.25) is 0 Å². The molecule has 9 heteroatoms. The number of nitrogens with one attached hydrogen (secondary N) is 2. The van der Waals surface area contributed by atoms with Crippen LogP contribution in [0.25, 0.3) is 10.8 Å². The van der Waals surface area contributed by atoms with Crippen LogP contribution < -0.4 is 15.4 Å². The third kappa shape index (κ3) is 6.23. The minimum Gasteiger partial charge on any atom is -0.508 e. The number of oxime groups is 1. The largest absolute Gasteiger partial charge is 0.508 e. The third-order valence-electron chi connectivity index (χ3n) is 5.12. The Morgan fingerprint density at radius 2 is 1.88 bits per heavy atom. The number of benzene rings is 3. The van der Waals surface area contributed by atoms with Gasteiger partial charge in [0, 0.05) is 12.8 Å². The van der Waals surface area contributed by atoms with Crippen LogP contribution in [-0.2, 0) is 16.1 Å². The lowest BCUT2D eigenvalue weighted by Gasteiger charge is -2.19. The van der Waals surface area contributed by atoms with Gasteiger partial charge in [-0.3, -0.25) is 4.79 Å². The Bertz CT molecular complexity index is 1180. The number of rotatable bonds is 7. The Morgan fingerprint density at radius 3 is 2.61 bits per heavy atom. The molecule has 1 aliphatic heterocycles. The quantitative estimate of drug-likeness (QED) is 0.446. The molecule has 0 radical (unpaired) electrons. The smallest absolute Gasteiger partial charge is 0.413 e. The lowest BCUT2D eigenvalue weighted by atomic mass is 10.0. The van der Waals surface area contributed by atoms with Crippen LogP contribution in [0.1, 0.15) is 12.0 Å². The highest BCUT2D eigenvalue weighted by Crippen LogP contribution is 2.21. The average Bonchev–Trinajstić information content (AvgIpc) is 3.23. The lowest BCUT2D eigenvalue weighted by Crippen LogP contribution is -2.50. The van der Waals surface area contributed by atoms with Gasteiger partial charge in [-0.25, -0.2) is 4.79 Å². The fraction of sp³-hybridized carbons (Fsp3) is 0.208. The first-order chi connectivity index (χ1) is 16.0. The molecule has 0 aromatic heterocycles. The molecule has 0 fully saturated rings. The fourth-order valence-corrected chi connectivity index (χ4v) is 3.87. The van der Waals surface area contributed by atoms with Crippen LogP contribution in [-0.4, -0.2) is 40.4 Å². The Balaban J connectivity index is 1.42. The number of carbonyl (C=O) groups is 2. The second kappa shape index (κ2) is 10.4. The molecule has 8 nitrogen and oxygen atoms in total. The van der Waals surface area contributed by atoms with Gasteiger partial charge in [0.05, 0.1) is 6.54 Å². The van der Waals surface area contributed by atoms with Gasteiger partial charge in [-0.15, -0.1) is 0 Å². The maximum atomic E-state index is 12.9. The summed E-state index contributed by atoms with van der Waals surface area (Å²) in [4.78, 5) is 30.7.